The number of nitrogens with one attached hydrogen (secondary N) is 1. The molecular formula is C11H21NO3. The van der Waals surface area contributed by atoms with Crippen LogP contribution in [0.2, 0.25) is 0 Å². The van der Waals surface area contributed by atoms with Crippen LogP contribution in [0, 0.1) is 11.8 Å². The summed E-state index contributed by atoms with van der Waals surface area (Å²) in [4.78, 5) is 10.9. The summed E-state index contributed by atoms with van der Waals surface area (Å²) in [5.41, 5.74) is 0. The van der Waals surface area contributed by atoms with Crippen molar-refractivity contribution in [2.24, 2.45) is 11.8 Å². The zero-order valence-corrected chi connectivity index (χ0v) is 9.53. The first-order valence-corrected chi connectivity index (χ1v) is 5.61. The number of aliphatic carboxylic acids is 1. The average Bonchev–Trinajstić information content (AvgIpc) is 2.65. The van der Waals surface area contributed by atoms with Crippen LogP contribution < -0.4 is 5.32 Å². The van der Waals surface area contributed by atoms with Crippen molar-refractivity contribution in [3.63, 3.8) is 0 Å². The number of carboxylic acid groups (broad SMARTS) is 1. The number of carbonyl (C=O) groups is 1. The van der Waals surface area contributed by atoms with Gasteiger partial charge in [0.2, 0.25) is 0 Å². The predicted molar refractivity (Wildman–Crippen MR) is 57.8 cm³/mol. The van der Waals surface area contributed by atoms with Gasteiger partial charge in [-0.3, -0.25) is 4.79 Å². The lowest BCUT2D eigenvalue weighted by atomic mass is 9.96. The van der Waals surface area contributed by atoms with Gasteiger partial charge in [0, 0.05) is 13.7 Å². The summed E-state index contributed by atoms with van der Waals surface area (Å²) < 4.78 is 5.11. The van der Waals surface area contributed by atoms with Gasteiger partial charge in [0.1, 0.15) is 0 Å². The maximum atomic E-state index is 10.9. The molecule has 15 heavy (non-hydrogen) atoms. The Morgan fingerprint density at radius 3 is 2.93 bits per heavy atom. The highest BCUT2D eigenvalue weighted by Gasteiger charge is 2.32. The highest BCUT2D eigenvalue weighted by Crippen LogP contribution is 2.31. The third-order valence-electron chi connectivity index (χ3n) is 3.22. The summed E-state index contributed by atoms with van der Waals surface area (Å²) in [6.07, 6.45) is 3.10. The lowest BCUT2D eigenvalue weighted by Crippen LogP contribution is -2.33. The maximum absolute atomic E-state index is 10.9. The molecule has 0 aliphatic heterocycles. The Kier molecular flexibility index (Phi) is 5.05. The zero-order valence-electron chi connectivity index (χ0n) is 9.53. The van der Waals surface area contributed by atoms with E-state index in [1.54, 1.807) is 7.11 Å². The van der Waals surface area contributed by atoms with Crippen molar-refractivity contribution >= 4 is 5.97 Å². The molecule has 0 aromatic rings. The summed E-state index contributed by atoms with van der Waals surface area (Å²) in [7, 11) is 1.68. The molecular weight excluding hydrogens is 194 g/mol. The van der Waals surface area contributed by atoms with Crippen molar-refractivity contribution in [1.29, 1.82) is 0 Å². The molecule has 1 rings (SSSR count). The Morgan fingerprint density at radius 1 is 1.60 bits per heavy atom. The highest BCUT2D eigenvalue weighted by molar-refractivity contribution is 5.70. The van der Waals surface area contributed by atoms with E-state index in [1.165, 1.54) is 0 Å². The zero-order chi connectivity index (χ0) is 11.3. The first-order valence-electron chi connectivity index (χ1n) is 5.61. The van der Waals surface area contributed by atoms with Crippen LogP contribution in [0.4, 0.5) is 0 Å². The second kappa shape index (κ2) is 6.08. The first kappa shape index (κ1) is 12.5. The number of hydrogen-bond acceptors (Lipinski definition) is 3. The molecule has 0 radical (unpaired) electrons. The molecule has 0 amide bonds. The van der Waals surface area contributed by atoms with Gasteiger partial charge in [-0.15, -0.1) is 0 Å². The number of carboxylic acids is 1. The van der Waals surface area contributed by atoms with Gasteiger partial charge in [0.05, 0.1) is 12.0 Å². The Balaban J connectivity index is 2.23. The van der Waals surface area contributed by atoms with Crippen molar-refractivity contribution in [2.75, 3.05) is 20.2 Å². The van der Waals surface area contributed by atoms with Crippen molar-refractivity contribution < 1.29 is 14.6 Å². The fraction of sp³-hybridized carbons (Fsp3) is 0.909. The summed E-state index contributed by atoms with van der Waals surface area (Å²) in [6, 6.07) is 0. The van der Waals surface area contributed by atoms with Crippen LogP contribution in [0.25, 0.3) is 0 Å². The van der Waals surface area contributed by atoms with Gasteiger partial charge in [-0.1, -0.05) is 6.42 Å². The molecule has 1 fully saturated rings. The fourth-order valence-electron chi connectivity index (χ4n) is 2.16. The molecule has 0 heterocycles. The molecule has 0 saturated heterocycles. The van der Waals surface area contributed by atoms with E-state index in [2.05, 4.69) is 5.32 Å². The molecule has 4 nitrogen and oxygen atoms in total. The predicted octanol–water partition coefficient (Wildman–Crippen LogP) is 1.11. The SMILES string of the molecule is COC(C)CNCC1CCCC1C(=O)O. The summed E-state index contributed by atoms with van der Waals surface area (Å²) in [5.74, 6) is -0.485. The van der Waals surface area contributed by atoms with E-state index in [4.69, 9.17) is 9.84 Å². The van der Waals surface area contributed by atoms with E-state index in [0.29, 0.717) is 5.92 Å². The quantitative estimate of drug-likeness (QED) is 0.697. The van der Waals surface area contributed by atoms with Gasteiger partial charge in [-0.25, -0.2) is 0 Å². The van der Waals surface area contributed by atoms with Crippen LogP contribution in [-0.4, -0.2) is 37.4 Å². The third-order valence-corrected chi connectivity index (χ3v) is 3.22. The van der Waals surface area contributed by atoms with E-state index in [1.807, 2.05) is 6.92 Å². The summed E-state index contributed by atoms with van der Waals surface area (Å²) >= 11 is 0. The second-order valence-electron chi connectivity index (χ2n) is 4.34. The molecule has 1 aliphatic carbocycles. The standard InChI is InChI=1S/C11H21NO3/c1-8(15-2)6-12-7-9-4-3-5-10(9)11(13)14/h8-10,12H,3-7H2,1-2H3,(H,13,14). The van der Waals surface area contributed by atoms with E-state index < -0.39 is 5.97 Å². The van der Waals surface area contributed by atoms with Crippen LogP contribution in [0.1, 0.15) is 26.2 Å². The van der Waals surface area contributed by atoms with Crippen LogP contribution in [-0.2, 0) is 9.53 Å². The topological polar surface area (TPSA) is 58.6 Å². The molecule has 3 unspecified atom stereocenters. The second-order valence-corrected chi connectivity index (χ2v) is 4.34. The van der Waals surface area contributed by atoms with Gasteiger partial charge in [-0.05, 0) is 32.2 Å². The Bertz CT molecular complexity index is 208. The van der Waals surface area contributed by atoms with Crippen molar-refractivity contribution in [3.05, 3.63) is 0 Å². The molecule has 0 aromatic carbocycles. The number of rotatable bonds is 6. The van der Waals surface area contributed by atoms with Gasteiger partial charge in [0.15, 0.2) is 0 Å². The Labute approximate surface area is 91.0 Å². The average molecular weight is 215 g/mol. The van der Waals surface area contributed by atoms with Crippen LogP contribution in [0.5, 0.6) is 0 Å². The molecule has 0 aromatic heterocycles. The van der Waals surface area contributed by atoms with E-state index in [9.17, 15) is 4.79 Å². The smallest absolute Gasteiger partial charge is 0.306 e. The van der Waals surface area contributed by atoms with Crippen molar-refractivity contribution in [3.8, 4) is 0 Å². The van der Waals surface area contributed by atoms with Gasteiger partial charge in [-0.2, -0.15) is 0 Å². The normalized spacial score (nSPS) is 27.9. The molecule has 1 saturated carbocycles. The van der Waals surface area contributed by atoms with Gasteiger partial charge < -0.3 is 15.2 Å². The highest BCUT2D eigenvalue weighted by atomic mass is 16.5. The van der Waals surface area contributed by atoms with E-state index >= 15 is 0 Å². The lowest BCUT2D eigenvalue weighted by Gasteiger charge is -2.17. The van der Waals surface area contributed by atoms with Crippen molar-refractivity contribution in [2.45, 2.75) is 32.3 Å². The first-order chi connectivity index (χ1) is 7.15. The molecule has 0 bridgehead atoms. The summed E-state index contributed by atoms with van der Waals surface area (Å²) in [5, 5.41) is 12.3. The Hall–Kier alpha value is -0.610. The lowest BCUT2D eigenvalue weighted by molar-refractivity contribution is -0.142. The monoisotopic (exact) mass is 215 g/mol. The minimum absolute atomic E-state index is 0.143. The largest absolute Gasteiger partial charge is 0.481 e. The van der Waals surface area contributed by atoms with Crippen molar-refractivity contribution in [1.82, 2.24) is 5.32 Å². The minimum Gasteiger partial charge on any atom is -0.481 e. The number of ether oxygens (including phenoxy) is 1. The number of methoxy groups -OCH3 is 1. The minimum atomic E-state index is -0.640. The van der Waals surface area contributed by atoms with Crippen LogP contribution >= 0.6 is 0 Å². The molecule has 2 N–H and O–H groups in total. The summed E-state index contributed by atoms with van der Waals surface area (Å²) in [6.45, 7) is 3.58. The molecule has 3 atom stereocenters. The Morgan fingerprint density at radius 2 is 2.33 bits per heavy atom. The third kappa shape index (κ3) is 3.80. The molecule has 4 heteroatoms. The molecule has 1 aliphatic rings. The fourth-order valence-corrected chi connectivity index (χ4v) is 2.16. The maximum Gasteiger partial charge on any atom is 0.306 e. The van der Waals surface area contributed by atoms with Crippen LogP contribution in [0.15, 0.2) is 0 Å². The van der Waals surface area contributed by atoms with Crippen LogP contribution in [0.3, 0.4) is 0 Å². The van der Waals surface area contributed by atoms with Gasteiger partial charge >= 0.3 is 5.97 Å². The number of hydrogen-bond donors (Lipinski definition) is 2. The molecule has 0 spiro atoms. The van der Waals surface area contributed by atoms with E-state index in [-0.39, 0.29) is 12.0 Å². The molecule has 88 valence electrons. The van der Waals surface area contributed by atoms with Gasteiger partial charge in [0.25, 0.3) is 0 Å². The van der Waals surface area contributed by atoms with E-state index in [0.717, 1.165) is 32.4 Å².